The van der Waals surface area contributed by atoms with Crippen molar-refractivity contribution in [3.8, 4) is 17.2 Å². The number of carbonyl (C=O) groups is 1. The highest BCUT2D eigenvalue weighted by Gasteiger charge is 2.17. The number of nitrogens with one attached hydrogen (secondary N) is 1. The van der Waals surface area contributed by atoms with Gasteiger partial charge in [-0.05, 0) is 52.8 Å². The van der Waals surface area contributed by atoms with Gasteiger partial charge in [-0.2, -0.15) is 5.26 Å². The number of ether oxygens (including phenoxy) is 1. The standard InChI is InChI=1S/C26H28N4O3/c1-8-28-19(4)21-14-23(22-12-10-9-11-20(22)15-27)24(31)30(16-21)18(3)13-17(2)29-25(32)33-26(5,6)7/h8-14,16H,1-2H2,3-7H3,(H,29,32)/b18-13+,28-19+. The summed E-state index contributed by atoms with van der Waals surface area (Å²) < 4.78 is 6.67. The van der Waals surface area contributed by atoms with Gasteiger partial charge < -0.3 is 4.74 Å². The van der Waals surface area contributed by atoms with Gasteiger partial charge in [0.1, 0.15) is 5.60 Å². The highest BCUT2D eigenvalue weighted by Crippen LogP contribution is 2.22. The fraction of sp³-hybridized carbons (Fsp3) is 0.231. The first-order valence-electron chi connectivity index (χ1n) is 10.3. The van der Waals surface area contributed by atoms with Crippen molar-refractivity contribution in [3.05, 3.63) is 89.1 Å². The lowest BCUT2D eigenvalue weighted by atomic mass is 9.99. The third kappa shape index (κ3) is 6.65. The maximum absolute atomic E-state index is 13.4. The number of allylic oxidation sites excluding steroid dienone is 2. The zero-order chi connectivity index (χ0) is 24.8. The summed E-state index contributed by atoms with van der Waals surface area (Å²) in [5.74, 6) is 0. The molecule has 0 spiro atoms. The van der Waals surface area contributed by atoms with Crippen LogP contribution in [0.5, 0.6) is 0 Å². The zero-order valence-electron chi connectivity index (χ0n) is 19.6. The van der Waals surface area contributed by atoms with E-state index in [1.165, 1.54) is 10.8 Å². The topological polar surface area (TPSA) is 96.5 Å². The van der Waals surface area contributed by atoms with E-state index in [-0.39, 0.29) is 11.3 Å². The Morgan fingerprint density at radius 3 is 2.52 bits per heavy atom. The number of carbonyl (C=O) groups excluding carboxylic acids is 1. The average Bonchev–Trinajstić information content (AvgIpc) is 2.72. The van der Waals surface area contributed by atoms with Crippen molar-refractivity contribution in [2.75, 3.05) is 0 Å². The van der Waals surface area contributed by atoms with Gasteiger partial charge in [-0.25, -0.2) is 4.79 Å². The molecule has 0 aliphatic heterocycles. The molecule has 33 heavy (non-hydrogen) atoms. The van der Waals surface area contributed by atoms with Gasteiger partial charge in [0.15, 0.2) is 0 Å². The van der Waals surface area contributed by atoms with Crippen LogP contribution in [-0.4, -0.2) is 22.0 Å². The normalized spacial score (nSPS) is 12.0. The largest absolute Gasteiger partial charge is 0.444 e. The fourth-order valence-electron chi connectivity index (χ4n) is 3.05. The Bertz CT molecular complexity index is 1250. The van der Waals surface area contributed by atoms with E-state index in [4.69, 9.17) is 4.74 Å². The number of pyridine rings is 1. The lowest BCUT2D eigenvalue weighted by molar-refractivity contribution is 0.0548. The van der Waals surface area contributed by atoms with E-state index in [9.17, 15) is 14.9 Å². The number of amides is 1. The van der Waals surface area contributed by atoms with Gasteiger partial charge >= 0.3 is 6.09 Å². The van der Waals surface area contributed by atoms with Crippen LogP contribution >= 0.6 is 0 Å². The molecule has 1 aromatic heterocycles. The van der Waals surface area contributed by atoms with Crippen LogP contribution in [0.3, 0.4) is 0 Å². The number of hydrogen-bond donors (Lipinski definition) is 1. The lowest BCUT2D eigenvalue weighted by Crippen LogP contribution is -2.31. The van der Waals surface area contributed by atoms with E-state index in [1.54, 1.807) is 77.2 Å². The molecule has 0 saturated heterocycles. The predicted molar refractivity (Wildman–Crippen MR) is 132 cm³/mol. The van der Waals surface area contributed by atoms with Crippen molar-refractivity contribution in [2.24, 2.45) is 4.99 Å². The molecule has 0 radical (unpaired) electrons. The molecule has 0 unspecified atom stereocenters. The summed E-state index contributed by atoms with van der Waals surface area (Å²) in [4.78, 5) is 29.7. The smallest absolute Gasteiger partial charge is 0.412 e. The molecule has 1 aromatic carbocycles. The number of nitrogens with zero attached hydrogens (tertiary/aromatic N) is 3. The van der Waals surface area contributed by atoms with Crippen LogP contribution < -0.4 is 10.9 Å². The van der Waals surface area contributed by atoms with Crippen molar-refractivity contribution in [3.63, 3.8) is 0 Å². The Labute approximate surface area is 194 Å². The second-order valence-corrected chi connectivity index (χ2v) is 8.31. The minimum absolute atomic E-state index is 0.259. The molecule has 0 saturated carbocycles. The molecule has 170 valence electrons. The predicted octanol–water partition coefficient (Wildman–Crippen LogP) is 5.24. The van der Waals surface area contributed by atoms with Gasteiger partial charge in [-0.3, -0.25) is 19.7 Å². The summed E-state index contributed by atoms with van der Waals surface area (Å²) in [5.41, 5.74) is 2.36. The molecule has 1 N–H and O–H groups in total. The summed E-state index contributed by atoms with van der Waals surface area (Å²) in [6.07, 6.45) is 3.99. The van der Waals surface area contributed by atoms with E-state index in [0.717, 1.165) is 0 Å². The van der Waals surface area contributed by atoms with E-state index >= 15 is 0 Å². The number of rotatable bonds is 6. The van der Waals surface area contributed by atoms with Crippen LogP contribution in [0.25, 0.3) is 16.8 Å². The minimum atomic E-state index is -0.653. The van der Waals surface area contributed by atoms with Crippen LogP contribution in [0.15, 0.2) is 77.4 Å². The second kappa shape index (κ2) is 10.4. The third-order valence-electron chi connectivity index (χ3n) is 4.48. The Morgan fingerprint density at radius 1 is 1.24 bits per heavy atom. The Morgan fingerprint density at radius 2 is 1.91 bits per heavy atom. The van der Waals surface area contributed by atoms with Gasteiger partial charge in [0.05, 0.1) is 11.6 Å². The van der Waals surface area contributed by atoms with E-state index < -0.39 is 11.7 Å². The van der Waals surface area contributed by atoms with Crippen molar-refractivity contribution in [2.45, 2.75) is 40.2 Å². The zero-order valence-corrected chi connectivity index (χ0v) is 19.6. The molecule has 2 aromatic rings. The summed E-state index contributed by atoms with van der Waals surface area (Å²) in [7, 11) is 0. The number of alkyl carbamates (subject to hydrolysis) is 1. The molecule has 7 nitrogen and oxygen atoms in total. The average molecular weight is 445 g/mol. The first-order chi connectivity index (χ1) is 15.5. The number of aromatic nitrogens is 1. The van der Waals surface area contributed by atoms with E-state index in [2.05, 4.69) is 29.5 Å². The number of hydrogen-bond acceptors (Lipinski definition) is 5. The Kier molecular flexibility index (Phi) is 7.92. The number of nitriles is 1. The van der Waals surface area contributed by atoms with Crippen LogP contribution in [0.4, 0.5) is 4.79 Å². The molecule has 0 aliphatic rings. The molecule has 0 atom stereocenters. The molecular weight excluding hydrogens is 416 g/mol. The Balaban J connectivity index is 2.60. The van der Waals surface area contributed by atoms with Gasteiger partial charge in [0.2, 0.25) is 0 Å². The summed E-state index contributed by atoms with van der Waals surface area (Å²) >= 11 is 0. The van der Waals surface area contributed by atoms with Crippen molar-refractivity contribution in [1.82, 2.24) is 9.88 Å². The maximum atomic E-state index is 13.4. The monoisotopic (exact) mass is 444 g/mol. The maximum Gasteiger partial charge on any atom is 0.412 e. The molecule has 7 heteroatoms. The molecule has 1 amide bonds. The molecule has 0 aliphatic carbocycles. The summed E-state index contributed by atoms with van der Waals surface area (Å²) in [5, 5.41) is 12.1. The fourth-order valence-corrected chi connectivity index (χ4v) is 3.05. The van der Waals surface area contributed by atoms with Crippen LogP contribution in [-0.2, 0) is 4.74 Å². The number of aliphatic imine (C=N–C) groups is 1. The molecule has 1 heterocycles. The molecular formula is C26H28N4O3. The van der Waals surface area contributed by atoms with Crippen molar-refractivity contribution >= 4 is 17.5 Å². The molecule has 2 rings (SSSR count). The van der Waals surface area contributed by atoms with Crippen LogP contribution in [0.1, 0.15) is 45.7 Å². The molecule has 0 fully saturated rings. The highest BCUT2D eigenvalue weighted by atomic mass is 16.6. The lowest BCUT2D eigenvalue weighted by Gasteiger charge is -2.20. The Hall–Kier alpha value is -4.18. The quantitative estimate of drug-likeness (QED) is 0.487. The van der Waals surface area contributed by atoms with Crippen molar-refractivity contribution < 1.29 is 9.53 Å². The van der Waals surface area contributed by atoms with E-state index in [0.29, 0.717) is 33.7 Å². The second-order valence-electron chi connectivity index (χ2n) is 8.31. The highest BCUT2D eigenvalue weighted by molar-refractivity contribution is 6.00. The van der Waals surface area contributed by atoms with Gasteiger partial charge in [-0.15, -0.1) is 0 Å². The van der Waals surface area contributed by atoms with Gasteiger partial charge in [0.25, 0.3) is 5.56 Å². The minimum Gasteiger partial charge on any atom is -0.444 e. The summed E-state index contributed by atoms with van der Waals surface area (Å²) in [6, 6.07) is 10.7. The third-order valence-corrected chi connectivity index (χ3v) is 4.48. The van der Waals surface area contributed by atoms with E-state index in [1.807, 2.05) is 0 Å². The first kappa shape index (κ1) is 25.1. The molecule has 0 bridgehead atoms. The van der Waals surface area contributed by atoms with Crippen LogP contribution in [0.2, 0.25) is 0 Å². The van der Waals surface area contributed by atoms with Gasteiger partial charge in [0, 0.05) is 46.2 Å². The number of benzene rings is 1. The van der Waals surface area contributed by atoms with Gasteiger partial charge in [-0.1, -0.05) is 31.4 Å². The summed E-state index contributed by atoms with van der Waals surface area (Å²) in [6.45, 7) is 16.3. The first-order valence-corrected chi connectivity index (χ1v) is 10.3. The SMILES string of the molecule is C=C/N=C(\C)c1cc(-c2ccccc2C#N)c(=O)n(/C(C)=C/C(=C)NC(=O)OC(C)(C)C)c1. The van der Waals surface area contributed by atoms with Crippen LogP contribution in [0, 0.1) is 11.3 Å². The van der Waals surface area contributed by atoms with Crippen molar-refractivity contribution in [1.29, 1.82) is 5.26 Å².